The predicted molar refractivity (Wildman–Crippen MR) is 84.1 cm³/mol. The van der Waals surface area contributed by atoms with Gasteiger partial charge in [-0.2, -0.15) is 0 Å². The fourth-order valence-electron chi connectivity index (χ4n) is 1.74. The third kappa shape index (κ3) is 4.22. The van der Waals surface area contributed by atoms with Gasteiger partial charge in [-0.3, -0.25) is 4.79 Å². The molecule has 0 heterocycles. The fraction of sp³-hybridized carbons (Fsp3) is 0.562. The van der Waals surface area contributed by atoms with Gasteiger partial charge < -0.3 is 9.53 Å². The van der Waals surface area contributed by atoms with Crippen LogP contribution in [0.3, 0.4) is 0 Å². The quantitative estimate of drug-likeness (QED) is 0.840. The number of carbonyl (C=O) groups excluding carboxylic acids is 1. The largest absolute Gasteiger partial charge is 0.404 e. The molecule has 0 bridgehead atoms. The molecule has 0 saturated carbocycles. The maximum absolute atomic E-state index is 13.8. The van der Waals surface area contributed by atoms with Crippen LogP contribution in [0.5, 0.6) is 0 Å². The lowest BCUT2D eigenvalue weighted by Gasteiger charge is -2.39. The molecule has 1 N–H and O–H groups in total. The van der Waals surface area contributed by atoms with Crippen LogP contribution in [-0.4, -0.2) is 25.3 Å². The normalized spacial score (nSPS) is 15.6. The topological polar surface area (TPSA) is 46.5 Å². The molecule has 1 aromatic rings. The highest BCUT2D eigenvalue weighted by atomic mass is 28.4. The van der Waals surface area contributed by atoms with Crippen LogP contribution in [0.15, 0.2) is 24.3 Å². The number of rotatable bonds is 5. The van der Waals surface area contributed by atoms with Gasteiger partial charge in [0.25, 0.3) is 0 Å². The third-order valence-corrected chi connectivity index (χ3v) is 8.59. The van der Waals surface area contributed by atoms with Crippen molar-refractivity contribution in [1.29, 1.82) is 0 Å². The molecule has 0 aliphatic rings. The van der Waals surface area contributed by atoms with Crippen molar-refractivity contribution in [3.05, 3.63) is 35.6 Å². The van der Waals surface area contributed by atoms with E-state index >= 15 is 0 Å². The van der Waals surface area contributed by atoms with Gasteiger partial charge >= 0.3 is 0 Å². The van der Waals surface area contributed by atoms with Gasteiger partial charge in [0, 0.05) is 5.56 Å². The Bertz CT molecular complexity index is 508. The minimum Gasteiger partial charge on any atom is -0.404 e. The zero-order valence-electron chi connectivity index (χ0n) is 13.6. The molecule has 0 saturated heterocycles. The summed E-state index contributed by atoms with van der Waals surface area (Å²) >= 11 is 0. The number of aliphatic hydroxyl groups excluding tert-OH is 1. The molecule has 0 aliphatic heterocycles. The van der Waals surface area contributed by atoms with Gasteiger partial charge in [-0.05, 0) is 31.1 Å². The molecule has 0 fully saturated rings. The standard InChI is InChI=1S/C16H25FO3Si/c1-11(18)15(20-21(5,6)16(2,3)4)14(19)12-9-7-8-10-13(12)17/h7-10,14-15,19H,1-6H3/t14-,15-/m0/s1. The van der Waals surface area contributed by atoms with E-state index in [9.17, 15) is 14.3 Å². The molecular weight excluding hydrogens is 287 g/mol. The summed E-state index contributed by atoms with van der Waals surface area (Å²) < 4.78 is 19.8. The smallest absolute Gasteiger partial charge is 0.193 e. The number of carbonyl (C=O) groups is 1. The molecule has 21 heavy (non-hydrogen) atoms. The summed E-state index contributed by atoms with van der Waals surface area (Å²) in [6.45, 7) is 11.5. The first-order chi connectivity index (χ1) is 9.47. The monoisotopic (exact) mass is 312 g/mol. The minimum atomic E-state index is -2.25. The average Bonchev–Trinajstić information content (AvgIpc) is 2.34. The number of Topliss-reactive ketones (excluding diaryl/α,β-unsaturated/α-hetero) is 1. The Hall–Kier alpha value is -1.04. The summed E-state index contributed by atoms with van der Waals surface area (Å²) in [4.78, 5) is 11.9. The summed E-state index contributed by atoms with van der Waals surface area (Å²) in [6.07, 6.45) is -2.33. The molecule has 3 nitrogen and oxygen atoms in total. The van der Waals surface area contributed by atoms with Gasteiger partial charge in [-0.1, -0.05) is 39.0 Å². The van der Waals surface area contributed by atoms with Gasteiger partial charge in [0.1, 0.15) is 18.0 Å². The molecule has 0 aromatic heterocycles. The lowest BCUT2D eigenvalue weighted by molar-refractivity contribution is -0.129. The van der Waals surface area contributed by atoms with Gasteiger partial charge in [-0.15, -0.1) is 0 Å². The van der Waals surface area contributed by atoms with Crippen LogP contribution in [-0.2, 0) is 9.22 Å². The van der Waals surface area contributed by atoms with Crippen molar-refractivity contribution in [2.24, 2.45) is 0 Å². The highest BCUT2D eigenvalue weighted by Gasteiger charge is 2.42. The van der Waals surface area contributed by atoms with E-state index in [1.807, 2.05) is 33.9 Å². The predicted octanol–water partition coefficient (Wildman–Crippen LogP) is 3.84. The van der Waals surface area contributed by atoms with Crippen LogP contribution in [0.2, 0.25) is 18.1 Å². The van der Waals surface area contributed by atoms with Crippen molar-refractivity contribution in [1.82, 2.24) is 0 Å². The van der Waals surface area contributed by atoms with Crippen molar-refractivity contribution < 1.29 is 18.7 Å². The molecular formula is C16H25FO3Si. The van der Waals surface area contributed by atoms with Crippen molar-refractivity contribution in [3.63, 3.8) is 0 Å². The van der Waals surface area contributed by atoms with E-state index in [-0.39, 0.29) is 16.4 Å². The van der Waals surface area contributed by atoms with Gasteiger partial charge in [0.05, 0.1) is 0 Å². The number of hydrogen-bond acceptors (Lipinski definition) is 3. The molecule has 0 amide bonds. The molecule has 1 rings (SSSR count). The van der Waals surface area contributed by atoms with Gasteiger partial charge in [0.15, 0.2) is 14.1 Å². The van der Waals surface area contributed by atoms with E-state index in [1.54, 1.807) is 12.1 Å². The lowest BCUT2D eigenvalue weighted by atomic mass is 10.0. The van der Waals surface area contributed by atoms with E-state index in [0.29, 0.717) is 0 Å². The van der Waals surface area contributed by atoms with Crippen molar-refractivity contribution in [2.75, 3.05) is 0 Å². The van der Waals surface area contributed by atoms with Crippen LogP contribution in [0, 0.1) is 5.82 Å². The van der Waals surface area contributed by atoms with Crippen LogP contribution in [0.4, 0.5) is 4.39 Å². The van der Waals surface area contributed by atoms with E-state index in [4.69, 9.17) is 4.43 Å². The molecule has 5 heteroatoms. The summed E-state index contributed by atoms with van der Waals surface area (Å²) in [6, 6.07) is 5.92. The maximum atomic E-state index is 13.8. The molecule has 0 aliphatic carbocycles. The summed E-state index contributed by atoms with van der Waals surface area (Å²) in [7, 11) is -2.25. The highest BCUT2D eigenvalue weighted by Crippen LogP contribution is 2.39. The first kappa shape index (κ1) is 18.0. The molecule has 1 aromatic carbocycles. The maximum Gasteiger partial charge on any atom is 0.193 e. The zero-order chi connectivity index (χ0) is 16.4. The number of ketones is 1. The fourth-order valence-corrected chi connectivity index (χ4v) is 3.03. The molecule has 0 unspecified atom stereocenters. The molecule has 118 valence electrons. The Morgan fingerprint density at radius 3 is 2.24 bits per heavy atom. The lowest BCUT2D eigenvalue weighted by Crippen LogP contribution is -2.47. The SMILES string of the molecule is CC(=O)[C@H](O[Si](C)(C)C(C)(C)C)[C@@H](O)c1ccccc1F. The third-order valence-electron chi connectivity index (χ3n) is 4.14. The van der Waals surface area contributed by atoms with Crippen LogP contribution < -0.4 is 0 Å². The van der Waals surface area contributed by atoms with E-state index in [2.05, 4.69) is 0 Å². The zero-order valence-corrected chi connectivity index (χ0v) is 14.6. The van der Waals surface area contributed by atoms with Crippen LogP contribution in [0.1, 0.15) is 39.4 Å². The minimum absolute atomic E-state index is 0.0939. The second-order valence-electron chi connectivity index (χ2n) is 6.88. The Kier molecular flexibility index (Phi) is 5.47. The van der Waals surface area contributed by atoms with E-state index < -0.39 is 26.3 Å². The van der Waals surface area contributed by atoms with E-state index in [0.717, 1.165) is 0 Å². The Morgan fingerprint density at radius 2 is 1.81 bits per heavy atom. The van der Waals surface area contributed by atoms with Crippen LogP contribution >= 0.6 is 0 Å². The van der Waals surface area contributed by atoms with Crippen molar-refractivity contribution in [3.8, 4) is 0 Å². The summed E-state index contributed by atoms with van der Waals surface area (Å²) in [5.74, 6) is -0.828. The number of halogens is 1. The number of aliphatic hydroxyl groups is 1. The number of hydrogen-bond donors (Lipinski definition) is 1. The second kappa shape index (κ2) is 6.38. The Morgan fingerprint density at radius 1 is 1.29 bits per heavy atom. The molecule has 0 radical (unpaired) electrons. The van der Waals surface area contributed by atoms with E-state index in [1.165, 1.54) is 19.1 Å². The van der Waals surface area contributed by atoms with Gasteiger partial charge in [-0.25, -0.2) is 4.39 Å². The Labute approximate surface area is 127 Å². The first-order valence-electron chi connectivity index (χ1n) is 7.08. The molecule has 2 atom stereocenters. The van der Waals surface area contributed by atoms with Crippen molar-refractivity contribution >= 4 is 14.1 Å². The summed E-state index contributed by atoms with van der Waals surface area (Å²) in [5.41, 5.74) is 0.0939. The summed E-state index contributed by atoms with van der Waals surface area (Å²) in [5, 5.41) is 10.3. The van der Waals surface area contributed by atoms with Crippen molar-refractivity contribution in [2.45, 2.75) is 58.0 Å². The van der Waals surface area contributed by atoms with Gasteiger partial charge in [0.2, 0.25) is 0 Å². The number of benzene rings is 1. The first-order valence-corrected chi connectivity index (χ1v) is 9.99. The molecule has 0 spiro atoms. The highest BCUT2D eigenvalue weighted by molar-refractivity contribution is 6.74. The van der Waals surface area contributed by atoms with Crippen LogP contribution in [0.25, 0.3) is 0 Å². The Balaban J connectivity index is 3.09. The second-order valence-corrected chi connectivity index (χ2v) is 11.6. The average molecular weight is 312 g/mol.